The number of thiophene rings is 1. The lowest BCUT2D eigenvalue weighted by Gasteiger charge is -2.03. The van der Waals surface area contributed by atoms with Crippen molar-refractivity contribution < 1.29 is 0 Å². The SMILES string of the molecule is Cc1ccnc(-c2cccc3c2sc2nc(C)ccc23)c1. The standard InChI is InChI=1S/C18H14N2S/c1-11-8-9-19-16(10-11)15-5-3-4-13-14-7-6-12(2)20-18(14)21-17(13)15/h3-10H,1-2H3. The van der Waals surface area contributed by atoms with Crippen LogP contribution in [0.4, 0.5) is 0 Å². The molecule has 4 aromatic rings. The minimum atomic E-state index is 1.03. The highest BCUT2D eigenvalue weighted by Crippen LogP contribution is 2.38. The molecule has 0 saturated carbocycles. The van der Waals surface area contributed by atoms with Crippen LogP contribution in [0.25, 0.3) is 31.6 Å². The summed E-state index contributed by atoms with van der Waals surface area (Å²) in [6.07, 6.45) is 1.87. The second-order valence-electron chi connectivity index (χ2n) is 5.31. The summed E-state index contributed by atoms with van der Waals surface area (Å²) in [5, 5.41) is 2.50. The van der Waals surface area contributed by atoms with Crippen molar-refractivity contribution in [3.8, 4) is 11.3 Å². The Bertz CT molecular complexity index is 969. The van der Waals surface area contributed by atoms with E-state index in [1.165, 1.54) is 26.6 Å². The minimum absolute atomic E-state index is 1.03. The highest BCUT2D eigenvalue weighted by molar-refractivity contribution is 7.26. The summed E-state index contributed by atoms with van der Waals surface area (Å²) in [6.45, 7) is 4.13. The van der Waals surface area contributed by atoms with Gasteiger partial charge in [-0.15, -0.1) is 11.3 Å². The number of aromatic nitrogens is 2. The molecule has 3 heteroatoms. The molecule has 3 aromatic heterocycles. The molecule has 0 atom stereocenters. The van der Waals surface area contributed by atoms with E-state index in [1.54, 1.807) is 11.3 Å². The normalized spacial score (nSPS) is 11.3. The number of rotatable bonds is 1. The van der Waals surface area contributed by atoms with E-state index in [-0.39, 0.29) is 0 Å². The first-order chi connectivity index (χ1) is 10.2. The quantitative estimate of drug-likeness (QED) is 0.486. The van der Waals surface area contributed by atoms with Gasteiger partial charge in [0.15, 0.2) is 0 Å². The summed E-state index contributed by atoms with van der Waals surface area (Å²) in [5.74, 6) is 0. The summed E-state index contributed by atoms with van der Waals surface area (Å²) in [6, 6.07) is 14.8. The van der Waals surface area contributed by atoms with Crippen LogP contribution in [0.1, 0.15) is 11.3 Å². The van der Waals surface area contributed by atoms with Crippen molar-refractivity contribution in [3.05, 3.63) is 59.9 Å². The number of fused-ring (bicyclic) bond motifs is 3. The van der Waals surface area contributed by atoms with Gasteiger partial charge in [0, 0.05) is 32.9 Å². The molecule has 0 unspecified atom stereocenters. The lowest BCUT2D eigenvalue weighted by molar-refractivity contribution is 1.27. The zero-order valence-corrected chi connectivity index (χ0v) is 12.7. The first-order valence-electron chi connectivity index (χ1n) is 6.94. The molecule has 2 nitrogen and oxygen atoms in total. The fraction of sp³-hybridized carbons (Fsp3) is 0.111. The highest BCUT2D eigenvalue weighted by atomic mass is 32.1. The van der Waals surface area contributed by atoms with E-state index in [9.17, 15) is 0 Å². The number of hydrogen-bond donors (Lipinski definition) is 0. The van der Waals surface area contributed by atoms with Crippen LogP contribution in [0.3, 0.4) is 0 Å². The van der Waals surface area contributed by atoms with E-state index >= 15 is 0 Å². The topological polar surface area (TPSA) is 25.8 Å². The maximum Gasteiger partial charge on any atom is 0.124 e. The Morgan fingerprint density at radius 3 is 2.71 bits per heavy atom. The zero-order valence-electron chi connectivity index (χ0n) is 11.9. The van der Waals surface area contributed by atoms with Gasteiger partial charge in [-0.05, 0) is 43.7 Å². The molecule has 0 aliphatic heterocycles. The van der Waals surface area contributed by atoms with Gasteiger partial charge in [0.1, 0.15) is 4.83 Å². The van der Waals surface area contributed by atoms with Crippen LogP contribution in [0.2, 0.25) is 0 Å². The van der Waals surface area contributed by atoms with Crippen molar-refractivity contribution in [3.63, 3.8) is 0 Å². The third kappa shape index (κ3) is 2.01. The highest BCUT2D eigenvalue weighted by Gasteiger charge is 2.11. The van der Waals surface area contributed by atoms with Crippen molar-refractivity contribution in [1.29, 1.82) is 0 Å². The number of pyridine rings is 2. The fourth-order valence-corrected chi connectivity index (χ4v) is 3.90. The summed E-state index contributed by atoms with van der Waals surface area (Å²) in [5.41, 5.74) is 4.51. The van der Waals surface area contributed by atoms with Crippen molar-refractivity contribution in [1.82, 2.24) is 9.97 Å². The fourth-order valence-electron chi connectivity index (χ4n) is 2.66. The molecule has 102 valence electrons. The predicted octanol–water partition coefficient (Wildman–Crippen LogP) is 5.13. The molecular formula is C18H14N2S. The molecule has 0 N–H and O–H groups in total. The molecule has 4 rings (SSSR count). The maximum atomic E-state index is 4.66. The first kappa shape index (κ1) is 12.5. The monoisotopic (exact) mass is 290 g/mol. The Labute approximate surface area is 127 Å². The Kier molecular flexibility index (Phi) is 2.76. The smallest absolute Gasteiger partial charge is 0.124 e. The molecule has 0 aliphatic carbocycles. The van der Waals surface area contributed by atoms with Crippen LogP contribution in [0.15, 0.2) is 48.7 Å². The summed E-state index contributed by atoms with van der Waals surface area (Å²) < 4.78 is 1.27. The molecule has 0 amide bonds. The average Bonchev–Trinajstić information content (AvgIpc) is 2.84. The summed E-state index contributed by atoms with van der Waals surface area (Å²) in [4.78, 5) is 10.3. The van der Waals surface area contributed by atoms with Crippen LogP contribution in [0.5, 0.6) is 0 Å². The lowest BCUT2D eigenvalue weighted by Crippen LogP contribution is -1.84. The van der Waals surface area contributed by atoms with Crippen molar-refractivity contribution in [2.45, 2.75) is 13.8 Å². The molecule has 0 spiro atoms. The van der Waals surface area contributed by atoms with Gasteiger partial charge in [-0.1, -0.05) is 18.2 Å². The molecule has 0 bridgehead atoms. The molecule has 3 heterocycles. The van der Waals surface area contributed by atoms with Crippen molar-refractivity contribution in [2.75, 3.05) is 0 Å². The van der Waals surface area contributed by atoms with Crippen LogP contribution < -0.4 is 0 Å². The van der Waals surface area contributed by atoms with Crippen LogP contribution in [0, 0.1) is 13.8 Å². The third-order valence-corrected chi connectivity index (χ3v) is 4.84. The second-order valence-corrected chi connectivity index (χ2v) is 6.31. The largest absolute Gasteiger partial charge is 0.256 e. The summed E-state index contributed by atoms with van der Waals surface area (Å²) >= 11 is 1.75. The number of aryl methyl sites for hydroxylation is 2. The van der Waals surface area contributed by atoms with Gasteiger partial charge >= 0.3 is 0 Å². The molecule has 1 aromatic carbocycles. The number of nitrogens with zero attached hydrogens (tertiary/aromatic N) is 2. The molecule has 0 radical (unpaired) electrons. The van der Waals surface area contributed by atoms with E-state index in [2.05, 4.69) is 53.3 Å². The second kappa shape index (κ2) is 4.64. The van der Waals surface area contributed by atoms with Crippen LogP contribution in [-0.2, 0) is 0 Å². The number of benzene rings is 1. The molecule has 0 saturated heterocycles. The molecule has 0 aliphatic rings. The average molecular weight is 290 g/mol. The van der Waals surface area contributed by atoms with Crippen LogP contribution >= 0.6 is 11.3 Å². The molecular weight excluding hydrogens is 276 g/mol. The van der Waals surface area contributed by atoms with E-state index < -0.39 is 0 Å². The van der Waals surface area contributed by atoms with E-state index in [1.807, 2.05) is 19.2 Å². The lowest BCUT2D eigenvalue weighted by atomic mass is 10.1. The van der Waals surface area contributed by atoms with Crippen LogP contribution in [-0.4, -0.2) is 9.97 Å². The third-order valence-electron chi connectivity index (χ3n) is 3.69. The van der Waals surface area contributed by atoms with E-state index in [0.29, 0.717) is 0 Å². The maximum absolute atomic E-state index is 4.66. The molecule has 0 fully saturated rings. The predicted molar refractivity (Wildman–Crippen MR) is 89.8 cm³/mol. The Balaban J connectivity index is 2.08. The van der Waals surface area contributed by atoms with E-state index in [0.717, 1.165) is 16.2 Å². The Morgan fingerprint density at radius 1 is 0.952 bits per heavy atom. The first-order valence-corrected chi connectivity index (χ1v) is 7.76. The number of hydrogen-bond acceptors (Lipinski definition) is 3. The van der Waals surface area contributed by atoms with Gasteiger partial charge in [-0.2, -0.15) is 0 Å². The Hall–Kier alpha value is -2.26. The van der Waals surface area contributed by atoms with Gasteiger partial charge in [-0.3, -0.25) is 4.98 Å². The molecule has 21 heavy (non-hydrogen) atoms. The minimum Gasteiger partial charge on any atom is -0.256 e. The van der Waals surface area contributed by atoms with E-state index in [4.69, 9.17) is 0 Å². The Morgan fingerprint density at radius 2 is 1.86 bits per heavy atom. The van der Waals surface area contributed by atoms with Gasteiger partial charge in [0.05, 0.1) is 5.69 Å². The van der Waals surface area contributed by atoms with Crippen molar-refractivity contribution in [2.24, 2.45) is 0 Å². The zero-order chi connectivity index (χ0) is 14.4. The summed E-state index contributed by atoms with van der Waals surface area (Å²) in [7, 11) is 0. The van der Waals surface area contributed by atoms with Crippen molar-refractivity contribution >= 4 is 31.6 Å². The van der Waals surface area contributed by atoms with Gasteiger partial charge in [-0.25, -0.2) is 4.98 Å². The van der Waals surface area contributed by atoms with Gasteiger partial charge < -0.3 is 0 Å². The van der Waals surface area contributed by atoms with Gasteiger partial charge in [0.2, 0.25) is 0 Å². The van der Waals surface area contributed by atoms with Gasteiger partial charge in [0.25, 0.3) is 0 Å².